The summed E-state index contributed by atoms with van der Waals surface area (Å²) in [5.74, 6) is 0.477. The van der Waals surface area contributed by atoms with Gasteiger partial charge in [-0.25, -0.2) is 0 Å². The molecule has 1 aromatic carbocycles. The molecule has 0 saturated carbocycles. The van der Waals surface area contributed by atoms with Gasteiger partial charge in [0.1, 0.15) is 5.69 Å². The van der Waals surface area contributed by atoms with E-state index in [0.717, 1.165) is 11.1 Å². The quantitative estimate of drug-likeness (QED) is 0.804. The highest BCUT2D eigenvalue weighted by atomic mass is 16.4. The number of aromatic nitrogens is 1. The number of rotatable bonds is 3. The summed E-state index contributed by atoms with van der Waals surface area (Å²) in [4.78, 5) is 18.4. The second-order valence-corrected chi connectivity index (χ2v) is 5.24. The van der Waals surface area contributed by atoms with Gasteiger partial charge in [-0.1, -0.05) is 18.2 Å². The Morgan fingerprint density at radius 1 is 1.23 bits per heavy atom. The molecular formula is C17H16N2O3. The molecule has 3 aromatic rings. The van der Waals surface area contributed by atoms with Gasteiger partial charge in [0.15, 0.2) is 16.9 Å². The van der Waals surface area contributed by atoms with Crippen LogP contribution in [0.1, 0.15) is 5.56 Å². The van der Waals surface area contributed by atoms with Crippen LogP contribution in [-0.4, -0.2) is 24.2 Å². The highest BCUT2D eigenvalue weighted by molar-refractivity contribution is 5.90. The summed E-state index contributed by atoms with van der Waals surface area (Å²) in [5.41, 5.74) is 2.52. The molecular weight excluding hydrogens is 280 g/mol. The van der Waals surface area contributed by atoms with E-state index >= 15 is 0 Å². The summed E-state index contributed by atoms with van der Waals surface area (Å²) in [6.07, 6.45) is 1.59. The third-order valence-corrected chi connectivity index (χ3v) is 3.45. The lowest BCUT2D eigenvalue weighted by Crippen LogP contribution is -2.12. The molecule has 0 aliphatic heterocycles. The Morgan fingerprint density at radius 2 is 2.05 bits per heavy atom. The topological polar surface area (TPSA) is 66.6 Å². The van der Waals surface area contributed by atoms with Crippen LogP contribution in [0.15, 0.2) is 51.8 Å². The lowest BCUT2D eigenvalue weighted by atomic mass is 10.1. The molecule has 112 valence electrons. The van der Waals surface area contributed by atoms with Crippen molar-refractivity contribution in [2.24, 2.45) is 0 Å². The van der Waals surface area contributed by atoms with E-state index in [2.05, 4.69) is 4.98 Å². The van der Waals surface area contributed by atoms with E-state index in [1.54, 1.807) is 17.2 Å². The Bertz CT molecular complexity index is 884. The molecule has 0 aliphatic rings. The van der Waals surface area contributed by atoms with Crippen LogP contribution < -0.4 is 10.3 Å². The van der Waals surface area contributed by atoms with Crippen molar-refractivity contribution in [1.29, 1.82) is 0 Å². The molecule has 0 aliphatic carbocycles. The van der Waals surface area contributed by atoms with E-state index in [9.17, 15) is 9.90 Å². The average molecular weight is 296 g/mol. The van der Waals surface area contributed by atoms with Crippen LogP contribution in [0.5, 0.6) is 0 Å². The molecule has 2 heterocycles. The molecule has 5 nitrogen and oxygen atoms in total. The highest BCUT2D eigenvalue weighted by Crippen LogP contribution is 2.28. The Hall–Kier alpha value is -2.66. The number of hydrogen-bond acceptors (Lipinski definition) is 5. The monoisotopic (exact) mass is 296 g/mol. The van der Waals surface area contributed by atoms with Crippen LogP contribution in [0.3, 0.4) is 0 Å². The highest BCUT2D eigenvalue weighted by Gasteiger charge is 2.13. The molecule has 22 heavy (non-hydrogen) atoms. The van der Waals surface area contributed by atoms with E-state index in [1.807, 2.05) is 38.4 Å². The number of hydrogen-bond donors (Lipinski definition) is 1. The van der Waals surface area contributed by atoms with Crippen molar-refractivity contribution in [3.63, 3.8) is 0 Å². The maximum atomic E-state index is 12.3. The number of anilines is 1. The van der Waals surface area contributed by atoms with E-state index in [4.69, 9.17) is 4.42 Å². The van der Waals surface area contributed by atoms with Gasteiger partial charge in [-0.15, -0.1) is 0 Å². The van der Waals surface area contributed by atoms with Gasteiger partial charge >= 0.3 is 0 Å². The molecule has 0 amide bonds. The molecule has 0 saturated heterocycles. The van der Waals surface area contributed by atoms with E-state index in [0.29, 0.717) is 22.5 Å². The lowest BCUT2D eigenvalue weighted by Gasteiger charge is -2.12. The number of fused-ring (bicyclic) bond motifs is 1. The zero-order chi connectivity index (χ0) is 15.7. The number of benzene rings is 1. The van der Waals surface area contributed by atoms with Crippen molar-refractivity contribution in [2.45, 2.75) is 6.61 Å². The zero-order valence-corrected chi connectivity index (χ0v) is 12.4. The molecule has 0 bridgehead atoms. The molecule has 0 spiro atoms. The molecule has 5 heteroatoms. The van der Waals surface area contributed by atoms with Crippen LogP contribution in [0, 0.1) is 0 Å². The van der Waals surface area contributed by atoms with Crippen molar-refractivity contribution < 1.29 is 9.52 Å². The van der Waals surface area contributed by atoms with E-state index in [-0.39, 0.29) is 12.0 Å². The third kappa shape index (κ3) is 2.46. The van der Waals surface area contributed by atoms with Crippen LogP contribution in [0.25, 0.3) is 22.2 Å². The largest absolute Gasteiger partial charge is 0.438 e. The Balaban J connectivity index is 2.31. The van der Waals surface area contributed by atoms with E-state index in [1.165, 1.54) is 6.07 Å². The molecule has 3 rings (SSSR count). The van der Waals surface area contributed by atoms with Crippen LogP contribution in [-0.2, 0) is 6.61 Å². The summed E-state index contributed by atoms with van der Waals surface area (Å²) in [6.45, 7) is -0.0501. The van der Waals surface area contributed by atoms with Crippen molar-refractivity contribution in [1.82, 2.24) is 4.98 Å². The molecule has 0 radical (unpaired) electrons. The molecule has 2 aromatic heterocycles. The zero-order valence-electron chi connectivity index (χ0n) is 12.4. The maximum Gasteiger partial charge on any atom is 0.199 e. The van der Waals surface area contributed by atoms with Gasteiger partial charge in [-0.2, -0.15) is 0 Å². The van der Waals surface area contributed by atoms with E-state index < -0.39 is 0 Å². The minimum Gasteiger partial charge on any atom is -0.438 e. The fourth-order valence-electron chi connectivity index (χ4n) is 2.31. The van der Waals surface area contributed by atoms with Gasteiger partial charge in [-0.3, -0.25) is 9.78 Å². The van der Waals surface area contributed by atoms with Crippen molar-refractivity contribution in [3.05, 3.63) is 58.4 Å². The lowest BCUT2D eigenvalue weighted by molar-refractivity contribution is 0.282. The fourth-order valence-corrected chi connectivity index (χ4v) is 2.31. The Labute approximate surface area is 127 Å². The Kier molecular flexibility index (Phi) is 3.65. The van der Waals surface area contributed by atoms with Crippen molar-refractivity contribution in [3.8, 4) is 11.3 Å². The standard InChI is InChI=1S/C17H16N2O3/c1-19(2)15-9-14(21)13-6-7-18-16(17(13)22-15)12-5-3-4-11(8-12)10-20/h3-9,20H,10H2,1-2H3. The fraction of sp³-hybridized carbons (Fsp3) is 0.176. The number of aliphatic hydroxyl groups is 1. The Morgan fingerprint density at radius 3 is 2.77 bits per heavy atom. The second kappa shape index (κ2) is 5.61. The minimum absolute atomic E-state index is 0.0501. The van der Waals surface area contributed by atoms with Gasteiger partial charge in [0.2, 0.25) is 0 Å². The summed E-state index contributed by atoms with van der Waals surface area (Å²) >= 11 is 0. The summed E-state index contributed by atoms with van der Waals surface area (Å²) in [5, 5.41) is 9.77. The van der Waals surface area contributed by atoms with Crippen molar-refractivity contribution >= 4 is 16.9 Å². The van der Waals surface area contributed by atoms with Gasteiger partial charge in [0.05, 0.1) is 12.0 Å². The molecule has 1 N–H and O–H groups in total. The van der Waals surface area contributed by atoms with Gasteiger partial charge < -0.3 is 14.4 Å². The van der Waals surface area contributed by atoms with Gasteiger partial charge in [0.25, 0.3) is 0 Å². The second-order valence-electron chi connectivity index (χ2n) is 5.24. The van der Waals surface area contributed by atoms with Crippen LogP contribution in [0.2, 0.25) is 0 Å². The number of aliphatic hydroxyl groups excluding tert-OH is 1. The first-order valence-electron chi connectivity index (χ1n) is 6.90. The predicted octanol–water partition coefficient (Wildman–Crippen LogP) is 2.41. The van der Waals surface area contributed by atoms with Gasteiger partial charge in [0, 0.05) is 31.9 Å². The average Bonchev–Trinajstić information content (AvgIpc) is 2.54. The van der Waals surface area contributed by atoms with Gasteiger partial charge in [-0.05, 0) is 17.7 Å². The first-order chi connectivity index (χ1) is 10.6. The SMILES string of the molecule is CN(C)c1cc(=O)c2ccnc(-c3cccc(CO)c3)c2o1. The first kappa shape index (κ1) is 14.3. The number of pyridine rings is 1. The predicted molar refractivity (Wildman–Crippen MR) is 86.0 cm³/mol. The number of nitrogens with zero attached hydrogens (tertiary/aromatic N) is 2. The molecule has 0 fully saturated rings. The normalized spacial score (nSPS) is 10.9. The smallest absolute Gasteiger partial charge is 0.199 e. The summed E-state index contributed by atoms with van der Waals surface area (Å²) in [7, 11) is 3.62. The first-order valence-corrected chi connectivity index (χ1v) is 6.90. The molecule has 0 atom stereocenters. The minimum atomic E-state index is -0.105. The van der Waals surface area contributed by atoms with Crippen LogP contribution >= 0.6 is 0 Å². The third-order valence-electron chi connectivity index (χ3n) is 3.45. The maximum absolute atomic E-state index is 12.3. The summed E-state index contributed by atoms with van der Waals surface area (Å²) < 4.78 is 5.86. The van der Waals surface area contributed by atoms with Crippen LogP contribution in [0.4, 0.5) is 5.88 Å². The van der Waals surface area contributed by atoms with Crippen molar-refractivity contribution in [2.75, 3.05) is 19.0 Å². The molecule has 0 unspecified atom stereocenters. The summed E-state index contributed by atoms with van der Waals surface area (Å²) in [6, 6.07) is 10.5.